The lowest BCUT2D eigenvalue weighted by Gasteiger charge is -2.26. The maximum absolute atomic E-state index is 13.5. The molecule has 7 nitrogen and oxygen atoms in total. The monoisotopic (exact) mass is 452 g/mol. The van der Waals surface area contributed by atoms with Gasteiger partial charge in [0, 0.05) is 17.3 Å². The van der Waals surface area contributed by atoms with Crippen molar-refractivity contribution in [3.63, 3.8) is 0 Å². The van der Waals surface area contributed by atoms with Crippen LogP contribution in [0.4, 0.5) is 11.4 Å². The Kier molecular flexibility index (Phi) is 6.95. The molecule has 0 saturated carbocycles. The molecule has 1 amide bonds. The van der Waals surface area contributed by atoms with Crippen LogP contribution in [-0.4, -0.2) is 33.8 Å². The van der Waals surface area contributed by atoms with E-state index >= 15 is 0 Å². The lowest BCUT2D eigenvalue weighted by atomic mass is 10.1. The summed E-state index contributed by atoms with van der Waals surface area (Å²) in [6.07, 6.45) is 0. The first-order chi connectivity index (χ1) is 15.2. The van der Waals surface area contributed by atoms with Crippen molar-refractivity contribution < 1.29 is 22.7 Å². The number of Topliss-reactive ketones (excluding diaryl/α,β-unsaturated/α-hetero) is 1. The van der Waals surface area contributed by atoms with Gasteiger partial charge in [-0.15, -0.1) is 0 Å². The number of anilines is 2. The lowest BCUT2D eigenvalue weighted by Crippen LogP contribution is -2.38. The van der Waals surface area contributed by atoms with E-state index in [-0.39, 0.29) is 10.7 Å². The van der Waals surface area contributed by atoms with Crippen LogP contribution in [0.15, 0.2) is 77.7 Å². The number of aryl methyl sites for hydroxylation is 1. The highest BCUT2D eigenvalue weighted by Crippen LogP contribution is 2.30. The number of nitrogens with one attached hydrogen (secondary N) is 1. The number of ketones is 1. The molecular formula is C24H24N2O5S. The van der Waals surface area contributed by atoms with Gasteiger partial charge in [-0.05, 0) is 49.7 Å². The molecule has 0 aromatic heterocycles. The molecule has 3 aromatic carbocycles. The predicted octanol–water partition coefficient (Wildman–Crippen LogP) is 4.04. The van der Waals surface area contributed by atoms with Gasteiger partial charge in [0.2, 0.25) is 5.91 Å². The Bertz CT molecular complexity index is 1240. The van der Waals surface area contributed by atoms with Gasteiger partial charge in [0.05, 0.1) is 17.7 Å². The van der Waals surface area contributed by atoms with Crippen LogP contribution >= 0.6 is 0 Å². The molecule has 0 unspecified atom stereocenters. The molecule has 0 radical (unpaired) electrons. The molecule has 1 N–H and O–H groups in total. The number of carbonyl (C=O) groups excluding carboxylic acids is 2. The normalized spacial score (nSPS) is 11.0. The second-order valence-corrected chi connectivity index (χ2v) is 9.02. The van der Waals surface area contributed by atoms with E-state index in [1.54, 1.807) is 67.6 Å². The Morgan fingerprint density at radius 3 is 2.34 bits per heavy atom. The highest BCUT2D eigenvalue weighted by Gasteiger charge is 2.28. The number of ether oxygens (including phenoxy) is 1. The van der Waals surface area contributed by atoms with E-state index in [2.05, 4.69) is 5.32 Å². The number of benzene rings is 3. The Morgan fingerprint density at radius 1 is 0.969 bits per heavy atom. The quantitative estimate of drug-likeness (QED) is 0.521. The molecule has 0 saturated heterocycles. The van der Waals surface area contributed by atoms with E-state index in [1.807, 2.05) is 0 Å². The molecule has 0 fully saturated rings. The maximum atomic E-state index is 13.5. The molecule has 0 spiro atoms. The number of sulfonamides is 1. The van der Waals surface area contributed by atoms with Crippen LogP contribution in [0.3, 0.4) is 0 Å². The van der Waals surface area contributed by atoms with Crippen molar-refractivity contribution >= 4 is 33.1 Å². The minimum atomic E-state index is -4.05. The molecule has 166 valence electrons. The van der Waals surface area contributed by atoms with Crippen molar-refractivity contribution in [2.24, 2.45) is 0 Å². The van der Waals surface area contributed by atoms with E-state index in [0.717, 1.165) is 4.31 Å². The molecule has 0 bridgehead atoms. The molecular weight excluding hydrogens is 428 g/mol. The topological polar surface area (TPSA) is 92.8 Å². The number of amides is 1. The fourth-order valence-electron chi connectivity index (χ4n) is 3.15. The Labute approximate surface area is 187 Å². The third-order valence-corrected chi connectivity index (χ3v) is 6.63. The minimum absolute atomic E-state index is 0.0635. The van der Waals surface area contributed by atoms with Gasteiger partial charge in [0.1, 0.15) is 12.3 Å². The van der Waals surface area contributed by atoms with Crippen molar-refractivity contribution in [1.82, 2.24) is 0 Å². The fraction of sp³-hybridized carbons (Fsp3) is 0.167. The van der Waals surface area contributed by atoms with Crippen LogP contribution in [0, 0.1) is 6.92 Å². The SMILES string of the molecule is COc1ccc(C)c(N(CC(=O)Nc2cccc(C(C)=O)c2)S(=O)(=O)c2ccccc2)c1. The van der Waals surface area contributed by atoms with Gasteiger partial charge in [-0.1, -0.05) is 36.4 Å². The predicted molar refractivity (Wildman–Crippen MR) is 124 cm³/mol. The van der Waals surface area contributed by atoms with Crippen LogP contribution < -0.4 is 14.4 Å². The van der Waals surface area contributed by atoms with Crippen LogP contribution in [0.5, 0.6) is 5.75 Å². The first kappa shape index (κ1) is 23.0. The second kappa shape index (κ2) is 9.65. The zero-order chi connectivity index (χ0) is 23.3. The molecule has 0 aliphatic heterocycles. The van der Waals surface area contributed by atoms with E-state index in [0.29, 0.717) is 28.3 Å². The summed E-state index contributed by atoms with van der Waals surface area (Å²) in [5.41, 5.74) is 1.85. The lowest BCUT2D eigenvalue weighted by molar-refractivity contribution is -0.114. The average molecular weight is 453 g/mol. The number of hydrogen-bond donors (Lipinski definition) is 1. The third-order valence-electron chi connectivity index (χ3n) is 4.86. The summed E-state index contributed by atoms with van der Waals surface area (Å²) in [6, 6.07) is 19.4. The minimum Gasteiger partial charge on any atom is -0.497 e. The summed E-state index contributed by atoms with van der Waals surface area (Å²) in [5, 5.41) is 2.68. The van der Waals surface area contributed by atoms with Crippen LogP contribution in [0.25, 0.3) is 0 Å². The smallest absolute Gasteiger partial charge is 0.264 e. The highest BCUT2D eigenvalue weighted by molar-refractivity contribution is 7.92. The Balaban J connectivity index is 1.99. The molecule has 0 aliphatic rings. The Hall–Kier alpha value is -3.65. The third kappa shape index (κ3) is 5.15. The van der Waals surface area contributed by atoms with Gasteiger partial charge in [-0.3, -0.25) is 13.9 Å². The molecule has 32 heavy (non-hydrogen) atoms. The number of rotatable bonds is 8. The van der Waals surface area contributed by atoms with Gasteiger partial charge in [0.15, 0.2) is 5.78 Å². The van der Waals surface area contributed by atoms with E-state index in [4.69, 9.17) is 4.74 Å². The average Bonchev–Trinajstić information content (AvgIpc) is 2.78. The summed E-state index contributed by atoms with van der Waals surface area (Å²) in [4.78, 5) is 24.6. The molecule has 3 aromatic rings. The standard InChI is InChI=1S/C24H24N2O5S/c1-17-12-13-21(31-3)15-23(17)26(32(29,30)22-10-5-4-6-11-22)16-24(28)25-20-9-7-8-19(14-20)18(2)27/h4-15H,16H2,1-3H3,(H,25,28). The zero-order valence-electron chi connectivity index (χ0n) is 18.0. The number of nitrogens with zero attached hydrogens (tertiary/aromatic N) is 1. The van der Waals surface area contributed by atoms with E-state index in [1.165, 1.54) is 26.2 Å². The van der Waals surface area contributed by atoms with Gasteiger partial charge in [0.25, 0.3) is 10.0 Å². The molecule has 3 rings (SSSR count). The number of carbonyl (C=O) groups is 2. The van der Waals surface area contributed by atoms with Crippen LogP contribution in [0.1, 0.15) is 22.8 Å². The molecule has 0 aliphatic carbocycles. The van der Waals surface area contributed by atoms with Gasteiger partial charge in [-0.2, -0.15) is 0 Å². The largest absolute Gasteiger partial charge is 0.497 e. The summed E-state index contributed by atoms with van der Waals surface area (Å²) >= 11 is 0. The summed E-state index contributed by atoms with van der Waals surface area (Å²) in [7, 11) is -2.56. The number of methoxy groups -OCH3 is 1. The van der Waals surface area contributed by atoms with Crippen molar-refractivity contribution in [3.05, 3.63) is 83.9 Å². The molecule has 0 heterocycles. The second-order valence-electron chi connectivity index (χ2n) is 7.16. The number of hydrogen-bond acceptors (Lipinski definition) is 5. The first-order valence-corrected chi connectivity index (χ1v) is 11.3. The summed E-state index contributed by atoms with van der Waals surface area (Å²) < 4.78 is 33.3. The van der Waals surface area contributed by atoms with Gasteiger partial charge >= 0.3 is 0 Å². The van der Waals surface area contributed by atoms with E-state index in [9.17, 15) is 18.0 Å². The van der Waals surface area contributed by atoms with Gasteiger partial charge in [-0.25, -0.2) is 8.42 Å². The molecule has 0 atom stereocenters. The summed E-state index contributed by atoms with van der Waals surface area (Å²) in [5.74, 6) is -0.220. The maximum Gasteiger partial charge on any atom is 0.264 e. The highest BCUT2D eigenvalue weighted by atomic mass is 32.2. The van der Waals surface area contributed by atoms with Crippen LogP contribution in [-0.2, 0) is 14.8 Å². The summed E-state index contributed by atoms with van der Waals surface area (Å²) in [6.45, 7) is 2.73. The Morgan fingerprint density at radius 2 is 1.69 bits per heavy atom. The molecule has 8 heteroatoms. The van der Waals surface area contributed by atoms with Crippen molar-refractivity contribution in [2.45, 2.75) is 18.7 Å². The van der Waals surface area contributed by atoms with Crippen molar-refractivity contribution in [2.75, 3.05) is 23.3 Å². The van der Waals surface area contributed by atoms with Crippen molar-refractivity contribution in [3.8, 4) is 5.75 Å². The van der Waals surface area contributed by atoms with E-state index < -0.39 is 22.5 Å². The van der Waals surface area contributed by atoms with Gasteiger partial charge < -0.3 is 10.1 Å². The first-order valence-electron chi connectivity index (χ1n) is 9.85. The fourth-order valence-corrected chi connectivity index (χ4v) is 4.65. The van der Waals surface area contributed by atoms with Crippen molar-refractivity contribution in [1.29, 1.82) is 0 Å². The van der Waals surface area contributed by atoms with Crippen LogP contribution in [0.2, 0.25) is 0 Å². The zero-order valence-corrected chi connectivity index (χ0v) is 18.8.